The molecule has 0 bridgehead atoms. The highest BCUT2D eigenvalue weighted by Gasteiger charge is 2.42. The Balaban J connectivity index is 0.995. The van der Waals surface area contributed by atoms with Crippen LogP contribution in [0.2, 0.25) is 0 Å². The van der Waals surface area contributed by atoms with E-state index in [1.165, 1.54) is 16.8 Å². The van der Waals surface area contributed by atoms with Crippen LogP contribution in [0.25, 0.3) is 0 Å². The van der Waals surface area contributed by atoms with E-state index >= 15 is 13.2 Å². The smallest absolute Gasteiger partial charge is 0.314 e. The van der Waals surface area contributed by atoms with Gasteiger partial charge < -0.3 is 19.6 Å². The molecule has 410 valence electrons. The molecule has 81 heavy (non-hydrogen) atoms. The van der Waals surface area contributed by atoms with Crippen LogP contribution in [-0.4, -0.2) is 6.18 Å². The second kappa shape index (κ2) is 24.0. The zero-order valence-corrected chi connectivity index (χ0v) is 47.7. The molecular formula is C74H73F3N4. The third-order valence-corrected chi connectivity index (χ3v) is 16.8. The Hall–Kier alpha value is -8.55. The zero-order valence-electron chi connectivity index (χ0n) is 47.7. The fraction of sp³-hybridized carbons (Fsp3) is 0.216. The number of anilines is 11. The molecule has 1 aliphatic carbocycles. The van der Waals surface area contributed by atoms with E-state index < -0.39 is 12.1 Å². The molecule has 0 amide bonds. The molecule has 10 rings (SSSR count). The Morgan fingerprint density at radius 2 is 0.679 bits per heavy atom. The maximum absolute atomic E-state index is 15.7. The standard InChI is InChI=1S/C74H73F3N4/c1-8-72(5,6)57-33-41-64(42-34-57)79(67-47-45-66(46-48-67)78(59-22-14-11-15-23-59)60-24-16-12-17-25-60)62-37-29-55(30-38-62)71(74(75,76)77)56-31-39-63(40-32-56)80(65-43-35-58(36-44-65)73(7,9-2)10-3)68-49-51-69(52-50-68)81(61-26-18-13-19-27-61)70-28-20-21-54(4)53-70/h11-52,54,71H,8-10,53H2,1-7H3. The molecular weight excluding hydrogens is 1000 g/mol. The lowest BCUT2D eigenvalue weighted by molar-refractivity contribution is -0.141. The Labute approximate surface area is 478 Å². The third-order valence-electron chi connectivity index (χ3n) is 16.8. The lowest BCUT2D eigenvalue weighted by Gasteiger charge is -2.32. The Kier molecular flexibility index (Phi) is 16.5. The van der Waals surface area contributed by atoms with Crippen LogP contribution in [0.1, 0.15) is 102 Å². The van der Waals surface area contributed by atoms with Crippen molar-refractivity contribution in [2.75, 3.05) is 19.6 Å². The van der Waals surface area contributed by atoms with Crippen molar-refractivity contribution in [3.05, 3.63) is 283 Å². The van der Waals surface area contributed by atoms with Gasteiger partial charge in [-0.2, -0.15) is 13.2 Å². The van der Waals surface area contributed by atoms with Gasteiger partial charge in [-0.05, 0) is 204 Å². The van der Waals surface area contributed by atoms with Crippen molar-refractivity contribution < 1.29 is 13.2 Å². The minimum atomic E-state index is -4.58. The maximum atomic E-state index is 15.7. The number of alkyl halides is 3. The minimum Gasteiger partial charge on any atom is -0.314 e. The molecule has 4 nitrogen and oxygen atoms in total. The SMILES string of the molecule is CCC(C)(C)c1ccc(N(c2ccc(C(c3ccc(N(c4ccc(N(C5=CC=CC(C)C5)c5ccccc5)cc4)c4ccc(C(C)(CC)CC)cc4)cc3)C(F)(F)F)cc2)c2ccc(N(c3ccccc3)c3ccccc3)cc2)cc1. The van der Waals surface area contributed by atoms with Gasteiger partial charge in [-0.3, -0.25) is 0 Å². The van der Waals surface area contributed by atoms with Crippen LogP contribution in [0.5, 0.6) is 0 Å². The third kappa shape index (κ3) is 12.1. The predicted molar refractivity (Wildman–Crippen MR) is 336 cm³/mol. The van der Waals surface area contributed by atoms with Gasteiger partial charge in [-0.1, -0.05) is 164 Å². The summed E-state index contributed by atoms with van der Waals surface area (Å²) in [5.74, 6) is -1.46. The van der Waals surface area contributed by atoms with Crippen molar-refractivity contribution in [2.24, 2.45) is 5.92 Å². The number of benzene rings is 9. The first kappa shape index (κ1) is 55.8. The molecule has 0 fully saturated rings. The average Bonchev–Trinajstić information content (AvgIpc) is 3.58. The number of halogens is 3. The van der Waals surface area contributed by atoms with Crippen LogP contribution in [-0.2, 0) is 10.8 Å². The summed E-state index contributed by atoms with van der Waals surface area (Å²) >= 11 is 0. The van der Waals surface area contributed by atoms with Crippen LogP contribution in [0.3, 0.4) is 0 Å². The van der Waals surface area contributed by atoms with Gasteiger partial charge >= 0.3 is 6.18 Å². The van der Waals surface area contributed by atoms with Gasteiger partial charge in [0.2, 0.25) is 0 Å². The quantitative estimate of drug-likeness (QED) is 0.0800. The lowest BCUT2D eigenvalue weighted by Crippen LogP contribution is -2.22. The van der Waals surface area contributed by atoms with E-state index in [4.69, 9.17) is 0 Å². The molecule has 9 aromatic rings. The summed E-state index contributed by atoms with van der Waals surface area (Å²) in [6.45, 7) is 15.7. The minimum absolute atomic E-state index is 0.0218. The van der Waals surface area contributed by atoms with Crippen molar-refractivity contribution in [3.63, 3.8) is 0 Å². The number of allylic oxidation sites excluding steroid dienone is 4. The van der Waals surface area contributed by atoms with E-state index in [1.54, 1.807) is 24.3 Å². The summed E-state index contributed by atoms with van der Waals surface area (Å²) in [5, 5.41) is 0. The van der Waals surface area contributed by atoms with Gasteiger partial charge in [0, 0.05) is 68.3 Å². The van der Waals surface area contributed by atoms with Gasteiger partial charge in [-0.25, -0.2) is 0 Å². The van der Waals surface area contributed by atoms with Crippen LogP contribution in [0.15, 0.2) is 261 Å². The fourth-order valence-electron chi connectivity index (χ4n) is 11.2. The van der Waals surface area contributed by atoms with Crippen molar-refractivity contribution in [3.8, 4) is 0 Å². The van der Waals surface area contributed by atoms with Crippen molar-refractivity contribution in [1.82, 2.24) is 0 Å². The summed E-state index contributed by atoms with van der Waals surface area (Å²) in [5.41, 5.74) is 14.2. The van der Waals surface area contributed by atoms with E-state index in [-0.39, 0.29) is 22.0 Å². The molecule has 2 atom stereocenters. The van der Waals surface area contributed by atoms with E-state index in [2.05, 4.69) is 232 Å². The molecule has 1 aliphatic rings. The average molecular weight is 1080 g/mol. The number of rotatable bonds is 19. The van der Waals surface area contributed by atoms with E-state index in [1.807, 2.05) is 66.7 Å². The lowest BCUT2D eigenvalue weighted by atomic mass is 9.78. The molecule has 0 heterocycles. The Morgan fingerprint density at radius 1 is 0.383 bits per heavy atom. The fourth-order valence-corrected chi connectivity index (χ4v) is 11.2. The first-order valence-electron chi connectivity index (χ1n) is 28.6. The first-order chi connectivity index (χ1) is 39.2. The molecule has 0 aliphatic heterocycles. The summed E-state index contributed by atoms with van der Waals surface area (Å²) in [7, 11) is 0. The molecule has 9 aromatic carbocycles. The summed E-state index contributed by atoms with van der Waals surface area (Å²) in [6.07, 6.45) is 5.87. The summed E-state index contributed by atoms with van der Waals surface area (Å²) in [4.78, 5) is 8.78. The van der Waals surface area contributed by atoms with Gasteiger partial charge in [0.05, 0.1) is 0 Å². The Bertz CT molecular complexity index is 3480. The van der Waals surface area contributed by atoms with Crippen molar-refractivity contribution in [2.45, 2.75) is 97.1 Å². The normalized spacial score (nSPS) is 14.0. The molecule has 0 aromatic heterocycles. The van der Waals surface area contributed by atoms with Gasteiger partial charge in [0.25, 0.3) is 0 Å². The van der Waals surface area contributed by atoms with Crippen LogP contribution in [0, 0.1) is 5.92 Å². The number of nitrogens with zero attached hydrogens (tertiary/aromatic N) is 4. The second-order valence-electron chi connectivity index (χ2n) is 22.4. The predicted octanol–water partition coefficient (Wildman–Crippen LogP) is 22.2. The first-order valence-corrected chi connectivity index (χ1v) is 28.6. The zero-order chi connectivity index (χ0) is 56.7. The molecule has 0 N–H and O–H groups in total. The maximum Gasteiger partial charge on any atom is 0.399 e. The highest BCUT2D eigenvalue weighted by atomic mass is 19.4. The van der Waals surface area contributed by atoms with Crippen LogP contribution in [0.4, 0.5) is 75.7 Å². The summed E-state index contributed by atoms with van der Waals surface area (Å²) in [6, 6.07) is 78.9. The van der Waals surface area contributed by atoms with E-state index in [9.17, 15) is 0 Å². The summed E-state index contributed by atoms with van der Waals surface area (Å²) < 4.78 is 47.2. The highest BCUT2D eigenvalue weighted by Crippen LogP contribution is 2.46. The molecule has 0 saturated heterocycles. The van der Waals surface area contributed by atoms with E-state index in [0.29, 0.717) is 5.92 Å². The van der Waals surface area contributed by atoms with Crippen molar-refractivity contribution >= 4 is 62.6 Å². The molecule has 0 spiro atoms. The highest BCUT2D eigenvalue weighted by molar-refractivity contribution is 5.82. The molecule has 0 radical (unpaired) electrons. The van der Waals surface area contributed by atoms with Gasteiger partial charge in [0.15, 0.2) is 0 Å². The number of hydrogen-bond donors (Lipinski definition) is 0. The number of para-hydroxylation sites is 3. The van der Waals surface area contributed by atoms with E-state index in [0.717, 1.165) is 88.2 Å². The topological polar surface area (TPSA) is 13.0 Å². The van der Waals surface area contributed by atoms with Crippen molar-refractivity contribution in [1.29, 1.82) is 0 Å². The number of hydrogen-bond acceptors (Lipinski definition) is 4. The molecule has 0 saturated carbocycles. The largest absolute Gasteiger partial charge is 0.399 e. The second-order valence-corrected chi connectivity index (χ2v) is 22.4. The van der Waals surface area contributed by atoms with Gasteiger partial charge in [0.1, 0.15) is 5.92 Å². The van der Waals surface area contributed by atoms with Gasteiger partial charge in [-0.15, -0.1) is 0 Å². The molecule has 2 unspecified atom stereocenters. The molecule has 7 heteroatoms. The monoisotopic (exact) mass is 1070 g/mol. The Morgan fingerprint density at radius 3 is 1.00 bits per heavy atom. The van der Waals surface area contributed by atoms with Crippen LogP contribution >= 0.6 is 0 Å². The van der Waals surface area contributed by atoms with Crippen LogP contribution < -0.4 is 19.6 Å².